The minimum absolute atomic E-state index is 0.124. The third-order valence-corrected chi connectivity index (χ3v) is 4.40. The Morgan fingerprint density at radius 1 is 1.52 bits per heavy atom. The number of hydrogen-bond acceptors (Lipinski definition) is 5. The molecule has 6 nitrogen and oxygen atoms in total. The van der Waals surface area contributed by atoms with Crippen molar-refractivity contribution in [3.05, 3.63) is 34.4 Å². The summed E-state index contributed by atoms with van der Waals surface area (Å²) in [5.41, 5.74) is 1.01. The first-order valence-electron chi connectivity index (χ1n) is 7.29. The first kappa shape index (κ1) is 14.3. The lowest BCUT2D eigenvalue weighted by Gasteiger charge is -2.09. The molecule has 112 valence electrons. The summed E-state index contributed by atoms with van der Waals surface area (Å²) in [5.74, 6) is 0. The van der Waals surface area contributed by atoms with Gasteiger partial charge in [-0.25, -0.2) is 14.9 Å². The highest BCUT2D eigenvalue weighted by Gasteiger charge is 2.29. The lowest BCUT2D eigenvalue weighted by Crippen LogP contribution is -2.16. The lowest BCUT2D eigenvalue weighted by atomic mass is 10.3. The minimum atomic E-state index is -0.124. The average Bonchev–Trinajstić information content (AvgIpc) is 3.26. The van der Waals surface area contributed by atoms with Gasteiger partial charge in [-0.15, -0.1) is 5.10 Å². The molecule has 1 aliphatic carbocycles. The second-order valence-corrected chi connectivity index (χ2v) is 6.11. The number of hydrogen-bond donors (Lipinski definition) is 2. The quantitative estimate of drug-likeness (QED) is 0.765. The van der Waals surface area contributed by atoms with Gasteiger partial charge in [0.1, 0.15) is 5.03 Å². The Kier molecular flexibility index (Phi) is 4.40. The van der Waals surface area contributed by atoms with Crippen molar-refractivity contribution in [2.75, 3.05) is 6.54 Å². The van der Waals surface area contributed by atoms with Crippen molar-refractivity contribution < 1.29 is 0 Å². The van der Waals surface area contributed by atoms with Crippen LogP contribution in [-0.4, -0.2) is 26.3 Å². The Labute approximate surface area is 127 Å². The van der Waals surface area contributed by atoms with Crippen LogP contribution >= 0.6 is 11.8 Å². The fourth-order valence-corrected chi connectivity index (χ4v) is 3.13. The molecule has 2 heterocycles. The number of pyridine rings is 1. The summed E-state index contributed by atoms with van der Waals surface area (Å²) in [6.45, 7) is 3.90. The van der Waals surface area contributed by atoms with Crippen LogP contribution in [0.2, 0.25) is 0 Å². The van der Waals surface area contributed by atoms with Crippen LogP contribution in [0.1, 0.15) is 37.8 Å². The van der Waals surface area contributed by atoms with E-state index in [0.717, 1.165) is 42.9 Å². The normalized spacial score (nSPS) is 14.5. The van der Waals surface area contributed by atoms with E-state index in [4.69, 9.17) is 0 Å². The summed E-state index contributed by atoms with van der Waals surface area (Å²) in [5, 5.41) is 11.7. The third-order valence-electron chi connectivity index (χ3n) is 3.36. The Hall–Kier alpha value is -1.60. The molecule has 0 spiro atoms. The maximum absolute atomic E-state index is 11.8. The second-order valence-electron chi connectivity index (χ2n) is 5.16. The number of aromatic amines is 1. The summed E-state index contributed by atoms with van der Waals surface area (Å²) in [6.07, 6.45) is 4.99. The van der Waals surface area contributed by atoms with E-state index in [0.29, 0.717) is 11.2 Å². The number of aromatic nitrogens is 4. The predicted octanol–water partition coefficient (Wildman–Crippen LogP) is 1.95. The molecule has 0 aromatic carbocycles. The van der Waals surface area contributed by atoms with Crippen LogP contribution in [-0.2, 0) is 6.54 Å². The summed E-state index contributed by atoms with van der Waals surface area (Å²) >= 11 is 1.46. The molecule has 2 N–H and O–H groups in total. The summed E-state index contributed by atoms with van der Waals surface area (Å²) in [4.78, 5) is 16.2. The van der Waals surface area contributed by atoms with Gasteiger partial charge in [-0.2, -0.15) is 0 Å². The van der Waals surface area contributed by atoms with Crippen LogP contribution in [0, 0.1) is 0 Å². The van der Waals surface area contributed by atoms with Gasteiger partial charge in [-0.05, 0) is 49.2 Å². The molecule has 2 aromatic heterocycles. The molecule has 1 fully saturated rings. The molecule has 3 rings (SSSR count). The molecular formula is C14H19N5OS. The zero-order valence-corrected chi connectivity index (χ0v) is 12.8. The zero-order chi connectivity index (χ0) is 14.7. The molecule has 2 aromatic rings. The SMILES string of the molecule is CCCNCc1cccnc1Sc1n[nH]c(=O)n1C1CC1. The Morgan fingerprint density at radius 2 is 2.38 bits per heavy atom. The highest BCUT2D eigenvalue weighted by Crippen LogP contribution is 2.37. The predicted molar refractivity (Wildman–Crippen MR) is 81.5 cm³/mol. The van der Waals surface area contributed by atoms with Crippen molar-refractivity contribution in [2.24, 2.45) is 0 Å². The van der Waals surface area contributed by atoms with Gasteiger partial charge in [0.2, 0.25) is 0 Å². The van der Waals surface area contributed by atoms with E-state index in [1.807, 2.05) is 6.07 Å². The summed E-state index contributed by atoms with van der Waals surface area (Å²) in [7, 11) is 0. The van der Waals surface area contributed by atoms with E-state index in [-0.39, 0.29) is 5.69 Å². The maximum atomic E-state index is 11.8. The minimum Gasteiger partial charge on any atom is -0.313 e. The highest BCUT2D eigenvalue weighted by molar-refractivity contribution is 7.99. The third kappa shape index (κ3) is 3.36. The molecule has 0 saturated heterocycles. The standard InChI is InChI=1S/C14H19N5OS/c1-2-7-15-9-10-4-3-8-16-12(10)21-14-18-17-13(20)19(14)11-5-6-11/h3-4,8,11,15H,2,5-7,9H2,1H3,(H,17,20). The molecule has 21 heavy (non-hydrogen) atoms. The van der Waals surface area contributed by atoms with E-state index in [2.05, 4.69) is 33.5 Å². The maximum Gasteiger partial charge on any atom is 0.344 e. The molecular weight excluding hydrogens is 286 g/mol. The molecule has 0 bridgehead atoms. The molecule has 0 amide bonds. The van der Waals surface area contributed by atoms with Crippen molar-refractivity contribution in [1.29, 1.82) is 0 Å². The fourth-order valence-electron chi connectivity index (χ4n) is 2.15. The number of rotatable bonds is 7. The van der Waals surface area contributed by atoms with E-state index in [9.17, 15) is 4.79 Å². The zero-order valence-electron chi connectivity index (χ0n) is 12.0. The van der Waals surface area contributed by atoms with E-state index in [1.165, 1.54) is 11.8 Å². The first-order chi connectivity index (χ1) is 10.3. The number of H-pyrrole nitrogens is 1. The smallest absolute Gasteiger partial charge is 0.313 e. The summed E-state index contributed by atoms with van der Waals surface area (Å²) < 4.78 is 1.75. The average molecular weight is 305 g/mol. The largest absolute Gasteiger partial charge is 0.344 e. The molecule has 0 aliphatic heterocycles. The second kappa shape index (κ2) is 6.44. The number of nitrogens with one attached hydrogen (secondary N) is 2. The fraction of sp³-hybridized carbons (Fsp3) is 0.500. The Bertz CT molecular complexity index is 661. The molecule has 7 heteroatoms. The van der Waals surface area contributed by atoms with Crippen LogP contribution in [0.15, 0.2) is 33.3 Å². The molecule has 0 radical (unpaired) electrons. The molecule has 1 aliphatic rings. The highest BCUT2D eigenvalue weighted by atomic mass is 32.2. The van der Waals surface area contributed by atoms with Crippen LogP contribution < -0.4 is 11.0 Å². The van der Waals surface area contributed by atoms with Crippen molar-refractivity contribution >= 4 is 11.8 Å². The molecule has 1 saturated carbocycles. The Morgan fingerprint density at radius 3 is 3.14 bits per heavy atom. The van der Waals surface area contributed by atoms with Gasteiger partial charge >= 0.3 is 5.69 Å². The van der Waals surface area contributed by atoms with Gasteiger partial charge in [-0.1, -0.05) is 13.0 Å². The first-order valence-corrected chi connectivity index (χ1v) is 8.10. The van der Waals surface area contributed by atoms with Gasteiger partial charge in [0.05, 0.1) is 0 Å². The van der Waals surface area contributed by atoms with Gasteiger partial charge in [0.15, 0.2) is 5.16 Å². The topological polar surface area (TPSA) is 75.6 Å². The monoisotopic (exact) mass is 305 g/mol. The van der Waals surface area contributed by atoms with Gasteiger partial charge in [-0.3, -0.25) is 4.57 Å². The van der Waals surface area contributed by atoms with E-state index >= 15 is 0 Å². The van der Waals surface area contributed by atoms with Gasteiger partial charge in [0, 0.05) is 18.8 Å². The van der Waals surface area contributed by atoms with Crippen LogP contribution in [0.4, 0.5) is 0 Å². The van der Waals surface area contributed by atoms with Crippen LogP contribution in [0.25, 0.3) is 0 Å². The van der Waals surface area contributed by atoms with E-state index in [1.54, 1.807) is 10.8 Å². The van der Waals surface area contributed by atoms with E-state index < -0.39 is 0 Å². The lowest BCUT2D eigenvalue weighted by molar-refractivity contribution is 0.640. The van der Waals surface area contributed by atoms with Crippen LogP contribution in [0.3, 0.4) is 0 Å². The van der Waals surface area contributed by atoms with Gasteiger partial charge < -0.3 is 5.32 Å². The Balaban J connectivity index is 1.80. The summed E-state index contributed by atoms with van der Waals surface area (Å²) in [6, 6.07) is 4.31. The van der Waals surface area contributed by atoms with Crippen LogP contribution in [0.5, 0.6) is 0 Å². The van der Waals surface area contributed by atoms with Crippen molar-refractivity contribution in [3.8, 4) is 0 Å². The molecule has 0 unspecified atom stereocenters. The molecule has 0 atom stereocenters. The van der Waals surface area contributed by atoms with Crippen molar-refractivity contribution in [3.63, 3.8) is 0 Å². The number of nitrogens with zero attached hydrogens (tertiary/aromatic N) is 3. The van der Waals surface area contributed by atoms with Crippen molar-refractivity contribution in [1.82, 2.24) is 25.1 Å². The van der Waals surface area contributed by atoms with Gasteiger partial charge in [0.25, 0.3) is 0 Å². The van der Waals surface area contributed by atoms with Crippen molar-refractivity contribution in [2.45, 2.75) is 49.0 Å².